The van der Waals surface area contributed by atoms with Crippen LogP contribution in [0.25, 0.3) is 0 Å². The molecule has 152 valence electrons. The molecule has 0 radical (unpaired) electrons. The molecule has 4 aliphatic carbocycles. The molecule has 4 bridgehead atoms. The Bertz CT molecular complexity index is 723. The van der Waals surface area contributed by atoms with Crippen LogP contribution in [-0.2, 0) is 11.2 Å². The van der Waals surface area contributed by atoms with Crippen LogP contribution in [0.4, 0.5) is 0 Å². The fourth-order valence-electron chi connectivity index (χ4n) is 7.17. The third kappa shape index (κ3) is 3.40. The summed E-state index contributed by atoms with van der Waals surface area (Å²) < 4.78 is 5.52. The van der Waals surface area contributed by atoms with E-state index in [2.05, 4.69) is 45.1 Å². The van der Waals surface area contributed by atoms with Crippen LogP contribution in [0, 0.1) is 23.2 Å². The third-order valence-corrected chi connectivity index (χ3v) is 8.96. The molecule has 0 N–H and O–H groups in total. The van der Waals surface area contributed by atoms with Crippen molar-refractivity contribution >= 4 is 21.8 Å². The van der Waals surface area contributed by atoms with Crippen molar-refractivity contribution in [3.8, 4) is 5.75 Å². The lowest BCUT2D eigenvalue weighted by Gasteiger charge is -2.60. The molecule has 1 amide bonds. The monoisotopic (exact) mass is 445 g/mol. The summed E-state index contributed by atoms with van der Waals surface area (Å²) in [6.07, 6.45) is 10.7. The predicted molar refractivity (Wildman–Crippen MR) is 115 cm³/mol. The molecule has 0 spiro atoms. The van der Waals surface area contributed by atoms with Crippen molar-refractivity contribution in [3.63, 3.8) is 0 Å². The van der Waals surface area contributed by atoms with E-state index in [0.29, 0.717) is 11.8 Å². The first-order valence-electron chi connectivity index (χ1n) is 11.1. The first-order chi connectivity index (χ1) is 13.5. The highest BCUT2D eigenvalue weighted by Gasteiger charge is 2.60. The summed E-state index contributed by atoms with van der Waals surface area (Å²) in [6.45, 7) is 1.90. The smallest absolute Gasteiger partial charge is 0.228 e. The second kappa shape index (κ2) is 7.04. The Balaban J connectivity index is 1.20. The highest BCUT2D eigenvalue weighted by molar-refractivity contribution is 9.10. The van der Waals surface area contributed by atoms with Crippen molar-refractivity contribution in [1.29, 1.82) is 0 Å². The Hall–Kier alpha value is -1.03. The quantitative estimate of drug-likeness (QED) is 0.595. The highest BCUT2D eigenvalue weighted by atomic mass is 79.9. The summed E-state index contributed by atoms with van der Waals surface area (Å²) in [6, 6.07) is 8.47. The van der Waals surface area contributed by atoms with Crippen molar-refractivity contribution in [2.24, 2.45) is 23.2 Å². The molecule has 1 saturated heterocycles. The number of nitrogens with zero attached hydrogens (tertiary/aromatic N) is 1. The molecule has 0 aromatic heterocycles. The van der Waals surface area contributed by atoms with Crippen LogP contribution in [0.3, 0.4) is 0 Å². The van der Waals surface area contributed by atoms with Gasteiger partial charge in [0, 0.05) is 17.4 Å². The number of carbonyl (C=O) groups excluding carboxylic acids is 1. The lowest BCUT2D eigenvalue weighted by molar-refractivity contribution is -0.157. The van der Waals surface area contributed by atoms with Gasteiger partial charge >= 0.3 is 0 Å². The van der Waals surface area contributed by atoms with Gasteiger partial charge in [-0.1, -0.05) is 28.1 Å². The Morgan fingerprint density at radius 3 is 2.32 bits per heavy atom. The molecule has 1 aliphatic heterocycles. The molecular weight excluding hydrogens is 414 g/mol. The number of rotatable bonds is 4. The molecule has 1 aromatic rings. The van der Waals surface area contributed by atoms with E-state index in [1.165, 1.54) is 24.8 Å². The number of methoxy groups -OCH3 is 1. The number of piperidine rings is 1. The third-order valence-electron chi connectivity index (χ3n) is 8.03. The number of likely N-dealkylation sites (tertiary alicyclic amines) is 1. The van der Waals surface area contributed by atoms with Gasteiger partial charge in [0.25, 0.3) is 0 Å². The van der Waals surface area contributed by atoms with E-state index in [1.807, 2.05) is 0 Å². The zero-order valence-corrected chi connectivity index (χ0v) is 18.5. The van der Waals surface area contributed by atoms with E-state index >= 15 is 0 Å². The van der Waals surface area contributed by atoms with Gasteiger partial charge in [0.15, 0.2) is 0 Å². The molecule has 5 fully saturated rings. The van der Waals surface area contributed by atoms with Gasteiger partial charge in [-0.15, -0.1) is 0 Å². The summed E-state index contributed by atoms with van der Waals surface area (Å²) in [5.41, 5.74) is 1.34. The predicted octanol–water partition coefficient (Wildman–Crippen LogP) is 5.21. The average Bonchev–Trinajstić information content (AvgIpc) is 2.67. The maximum atomic E-state index is 13.6. The second-order valence-electron chi connectivity index (χ2n) is 10.2. The van der Waals surface area contributed by atoms with Crippen molar-refractivity contribution in [3.05, 3.63) is 29.8 Å². The normalized spacial score (nSPS) is 37.3. The summed E-state index contributed by atoms with van der Waals surface area (Å²) in [4.78, 5) is 15.9. The number of halogens is 1. The van der Waals surface area contributed by atoms with Crippen LogP contribution < -0.4 is 4.74 Å². The molecule has 3 nitrogen and oxygen atoms in total. The highest BCUT2D eigenvalue weighted by Crippen LogP contribution is 2.64. The van der Waals surface area contributed by atoms with Gasteiger partial charge in [-0.2, -0.15) is 0 Å². The van der Waals surface area contributed by atoms with Crippen LogP contribution in [0.2, 0.25) is 0 Å². The van der Waals surface area contributed by atoms with Gasteiger partial charge in [0.05, 0.1) is 12.5 Å². The maximum absolute atomic E-state index is 13.6. The number of benzene rings is 1. The summed E-state index contributed by atoms with van der Waals surface area (Å²) in [7, 11) is 1.71. The van der Waals surface area contributed by atoms with E-state index in [9.17, 15) is 4.79 Å². The summed E-state index contributed by atoms with van der Waals surface area (Å²) in [5, 5.41) is 0. The minimum atomic E-state index is -0.0452. The number of ether oxygens (including phenoxy) is 1. The topological polar surface area (TPSA) is 29.5 Å². The van der Waals surface area contributed by atoms with Crippen molar-refractivity contribution in [2.45, 2.75) is 62.1 Å². The molecule has 4 heteroatoms. The Kier molecular flexibility index (Phi) is 4.77. The van der Waals surface area contributed by atoms with E-state index in [4.69, 9.17) is 4.74 Å². The Morgan fingerprint density at radius 2 is 1.75 bits per heavy atom. The first kappa shape index (κ1) is 19.0. The van der Waals surface area contributed by atoms with E-state index in [0.717, 1.165) is 69.2 Å². The van der Waals surface area contributed by atoms with Gasteiger partial charge < -0.3 is 9.64 Å². The number of alkyl halides is 1. The fraction of sp³-hybridized carbons (Fsp3) is 0.708. The van der Waals surface area contributed by atoms with Crippen LogP contribution >= 0.6 is 15.9 Å². The van der Waals surface area contributed by atoms with Crippen LogP contribution in [0.5, 0.6) is 5.75 Å². The molecule has 6 rings (SSSR count). The number of hydrogen-bond donors (Lipinski definition) is 0. The summed E-state index contributed by atoms with van der Waals surface area (Å²) in [5.74, 6) is 3.66. The SMILES string of the molecule is COc1ccc(CC2CCN(C(=O)C34CC5CC(CC(Br)(C5)C3)C4)CC2)cc1. The minimum absolute atomic E-state index is 0.0452. The molecule has 2 atom stereocenters. The van der Waals surface area contributed by atoms with E-state index in [-0.39, 0.29) is 9.74 Å². The second-order valence-corrected chi connectivity index (χ2v) is 11.9. The number of hydrogen-bond acceptors (Lipinski definition) is 2. The molecule has 28 heavy (non-hydrogen) atoms. The van der Waals surface area contributed by atoms with Crippen molar-refractivity contribution in [1.82, 2.24) is 4.90 Å². The zero-order chi connectivity index (χ0) is 19.4. The van der Waals surface area contributed by atoms with Gasteiger partial charge in [-0.25, -0.2) is 0 Å². The molecule has 1 heterocycles. The molecule has 4 saturated carbocycles. The Morgan fingerprint density at radius 1 is 1.11 bits per heavy atom. The molecule has 2 unspecified atom stereocenters. The van der Waals surface area contributed by atoms with Gasteiger partial charge in [0.2, 0.25) is 5.91 Å². The van der Waals surface area contributed by atoms with E-state index in [1.54, 1.807) is 7.11 Å². The lowest BCUT2D eigenvalue weighted by atomic mass is 9.49. The van der Waals surface area contributed by atoms with Crippen molar-refractivity contribution in [2.75, 3.05) is 20.2 Å². The number of carbonyl (C=O) groups is 1. The largest absolute Gasteiger partial charge is 0.497 e. The Labute approximate surface area is 177 Å². The summed E-state index contributed by atoms with van der Waals surface area (Å²) >= 11 is 4.06. The van der Waals surface area contributed by atoms with Gasteiger partial charge in [-0.05, 0) is 93.2 Å². The van der Waals surface area contributed by atoms with Gasteiger partial charge in [0.1, 0.15) is 5.75 Å². The molecular formula is C24H32BrNO2. The van der Waals surface area contributed by atoms with E-state index < -0.39 is 0 Å². The minimum Gasteiger partial charge on any atom is -0.497 e. The molecule has 1 aromatic carbocycles. The first-order valence-corrected chi connectivity index (χ1v) is 11.9. The van der Waals surface area contributed by atoms with Crippen LogP contribution in [0.1, 0.15) is 56.9 Å². The zero-order valence-electron chi connectivity index (χ0n) is 17.0. The number of amides is 1. The maximum Gasteiger partial charge on any atom is 0.228 e. The van der Waals surface area contributed by atoms with Crippen molar-refractivity contribution < 1.29 is 9.53 Å². The molecule has 5 aliphatic rings. The standard InChI is InChI=1S/C24H32BrNO2/c1-28-21-4-2-17(3-5-21)10-18-6-8-26(9-7-18)22(27)23-12-19-11-20(13-23)15-24(25,14-19)16-23/h2-5,18-20H,6-16H2,1H3. The van der Waals surface area contributed by atoms with Gasteiger partial charge in [-0.3, -0.25) is 4.79 Å². The fourth-order valence-corrected chi connectivity index (χ4v) is 8.62. The van der Waals surface area contributed by atoms with Crippen LogP contribution in [0.15, 0.2) is 24.3 Å². The lowest BCUT2D eigenvalue weighted by Crippen LogP contribution is -2.59. The van der Waals surface area contributed by atoms with Crippen LogP contribution in [-0.4, -0.2) is 35.3 Å². The average molecular weight is 446 g/mol.